The first-order valence-corrected chi connectivity index (χ1v) is 7.97. The summed E-state index contributed by atoms with van der Waals surface area (Å²) in [5.74, 6) is 0.207. The highest BCUT2D eigenvalue weighted by Gasteiger charge is 2.22. The normalized spacial score (nSPS) is 19.5. The number of morpholine rings is 1. The molecule has 19 heavy (non-hydrogen) atoms. The van der Waals surface area contributed by atoms with Crippen LogP contribution in [-0.4, -0.2) is 42.9 Å². The summed E-state index contributed by atoms with van der Waals surface area (Å²) in [7, 11) is 0. The summed E-state index contributed by atoms with van der Waals surface area (Å²) >= 11 is 1.72. The molecule has 0 radical (unpaired) electrons. The predicted octanol–water partition coefficient (Wildman–Crippen LogP) is 2.59. The summed E-state index contributed by atoms with van der Waals surface area (Å²) in [6, 6.07) is 8.23. The Bertz CT molecular complexity index is 419. The fourth-order valence-electron chi connectivity index (χ4n) is 2.22. The zero-order valence-corrected chi connectivity index (χ0v) is 12.4. The van der Waals surface area contributed by atoms with Crippen LogP contribution in [-0.2, 0) is 16.0 Å². The Morgan fingerprint density at radius 1 is 1.42 bits per heavy atom. The summed E-state index contributed by atoms with van der Waals surface area (Å²) in [5.41, 5.74) is 1.09. The van der Waals surface area contributed by atoms with Crippen LogP contribution in [0.3, 0.4) is 0 Å². The molecular formula is C15H21NO2S. The first-order chi connectivity index (χ1) is 9.22. The molecule has 1 aromatic rings. The van der Waals surface area contributed by atoms with E-state index in [1.807, 2.05) is 17.0 Å². The fraction of sp³-hybridized carbons (Fsp3) is 0.533. The molecule has 104 valence electrons. The van der Waals surface area contributed by atoms with Gasteiger partial charge in [0, 0.05) is 18.0 Å². The number of ether oxygens (including phenoxy) is 1. The summed E-state index contributed by atoms with van der Waals surface area (Å²) in [4.78, 5) is 15.4. The van der Waals surface area contributed by atoms with Crippen molar-refractivity contribution in [3.05, 3.63) is 29.8 Å². The van der Waals surface area contributed by atoms with E-state index >= 15 is 0 Å². The number of amides is 1. The van der Waals surface area contributed by atoms with Gasteiger partial charge in [0.05, 0.1) is 19.1 Å². The highest BCUT2D eigenvalue weighted by Crippen LogP contribution is 2.16. The number of carbonyl (C=O) groups is 1. The maximum absolute atomic E-state index is 12.2. The minimum absolute atomic E-state index is 0.205. The van der Waals surface area contributed by atoms with Crippen molar-refractivity contribution in [1.82, 2.24) is 4.90 Å². The topological polar surface area (TPSA) is 29.5 Å². The zero-order chi connectivity index (χ0) is 13.7. The molecule has 0 N–H and O–H groups in total. The van der Waals surface area contributed by atoms with Crippen LogP contribution in [0.15, 0.2) is 29.2 Å². The van der Waals surface area contributed by atoms with Gasteiger partial charge >= 0.3 is 0 Å². The number of thioether (sulfide) groups is 1. The van der Waals surface area contributed by atoms with Gasteiger partial charge in [-0.05, 0) is 30.4 Å². The molecule has 1 aliphatic heterocycles. The average Bonchev–Trinajstić information content (AvgIpc) is 2.48. The lowest BCUT2D eigenvalue weighted by Gasteiger charge is -2.32. The standard InChI is InChI=1S/C15H21NO2S/c1-3-13-11-16(8-9-18-13)15(17)10-12-4-6-14(19-2)7-5-12/h4-7,13H,3,8-11H2,1-2H3/t13-/m1/s1. The Balaban J connectivity index is 1.92. The molecule has 1 heterocycles. The molecule has 0 unspecified atom stereocenters. The van der Waals surface area contributed by atoms with Gasteiger partial charge in [-0.25, -0.2) is 0 Å². The van der Waals surface area contributed by atoms with E-state index in [0.29, 0.717) is 13.0 Å². The van der Waals surface area contributed by atoms with E-state index in [1.165, 1.54) is 4.90 Å². The monoisotopic (exact) mass is 279 g/mol. The molecule has 0 aromatic heterocycles. The molecule has 0 saturated carbocycles. The van der Waals surface area contributed by atoms with Gasteiger partial charge in [0.25, 0.3) is 0 Å². The largest absolute Gasteiger partial charge is 0.375 e. The fourth-order valence-corrected chi connectivity index (χ4v) is 2.63. The number of hydrogen-bond donors (Lipinski definition) is 0. The van der Waals surface area contributed by atoms with E-state index in [4.69, 9.17) is 4.74 Å². The highest BCUT2D eigenvalue weighted by atomic mass is 32.2. The van der Waals surface area contributed by atoms with Crippen LogP contribution >= 0.6 is 11.8 Å². The number of rotatable bonds is 4. The first kappa shape index (κ1) is 14.4. The molecule has 1 aromatic carbocycles. The van der Waals surface area contributed by atoms with E-state index < -0.39 is 0 Å². The second kappa shape index (κ2) is 6.96. The average molecular weight is 279 g/mol. The Kier molecular flexibility index (Phi) is 5.28. The van der Waals surface area contributed by atoms with Gasteiger partial charge in [-0.2, -0.15) is 0 Å². The van der Waals surface area contributed by atoms with Crippen molar-refractivity contribution < 1.29 is 9.53 Å². The van der Waals surface area contributed by atoms with Crippen LogP contribution in [0, 0.1) is 0 Å². The van der Waals surface area contributed by atoms with Crippen molar-refractivity contribution in [1.29, 1.82) is 0 Å². The zero-order valence-electron chi connectivity index (χ0n) is 11.6. The van der Waals surface area contributed by atoms with Crippen LogP contribution in [0.2, 0.25) is 0 Å². The smallest absolute Gasteiger partial charge is 0.227 e. The van der Waals surface area contributed by atoms with Crippen LogP contribution < -0.4 is 0 Å². The molecule has 2 rings (SSSR count). The molecule has 1 fully saturated rings. The minimum atomic E-state index is 0.205. The summed E-state index contributed by atoms with van der Waals surface area (Å²) < 4.78 is 5.59. The van der Waals surface area contributed by atoms with Gasteiger partial charge in [-0.3, -0.25) is 4.79 Å². The lowest BCUT2D eigenvalue weighted by Crippen LogP contribution is -2.45. The third-order valence-corrected chi connectivity index (χ3v) is 4.20. The SMILES string of the molecule is CC[C@@H]1CN(C(=O)Cc2ccc(SC)cc2)CCO1. The van der Waals surface area contributed by atoms with E-state index in [-0.39, 0.29) is 12.0 Å². The van der Waals surface area contributed by atoms with E-state index in [9.17, 15) is 4.79 Å². The molecule has 4 heteroatoms. The van der Waals surface area contributed by atoms with Crippen molar-refractivity contribution >= 4 is 17.7 Å². The number of hydrogen-bond acceptors (Lipinski definition) is 3. The maximum atomic E-state index is 12.2. The van der Waals surface area contributed by atoms with Gasteiger partial charge < -0.3 is 9.64 Å². The Labute approximate surface area is 119 Å². The van der Waals surface area contributed by atoms with Gasteiger partial charge in [0.2, 0.25) is 5.91 Å². The summed E-state index contributed by atoms with van der Waals surface area (Å²) in [5, 5.41) is 0. The Morgan fingerprint density at radius 3 is 2.79 bits per heavy atom. The lowest BCUT2D eigenvalue weighted by molar-refractivity contribution is -0.138. The quantitative estimate of drug-likeness (QED) is 0.793. The molecule has 0 spiro atoms. The molecule has 3 nitrogen and oxygen atoms in total. The predicted molar refractivity (Wildman–Crippen MR) is 78.5 cm³/mol. The van der Waals surface area contributed by atoms with Crippen molar-refractivity contribution in [3.8, 4) is 0 Å². The van der Waals surface area contributed by atoms with Crippen molar-refractivity contribution in [2.45, 2.75) is 30.8 Å². The van der Waals surface area contributed by atoms with Crippen LogP contribution in [0.5, 0.6) is 0 Å². The van der Waals surface area contributed by atoms with Crippen molar-refractivity contribution in [2.24, 2.45) is 0 Å². The second-order valence-corrected chi connectivity index (χ2v) is 5.65. The molecule has 0 aliphatic carbocycles. The minimum Gasteiger partial charge on any atom is -0.375 e. The first-order valence-electron chi connectivity index (χ1n) is 6.75. The molecule has 1 aliphatic rings. The second-order valence-electron chi connectivity index (χ2n) is 4.77. The van der Waals surface area contributed by atoms with Gasteiger partial charge in [0.15, 0.2) is 0 Å². The lowest BCUT2D eigenvalue weighted by atomic mass is 10.1. The van der Waals surface area contributed by atoms with Crippen LogP contribution in [0.25, 0.3) is 0 Å². The molecule has 1 saturated heterocycles. The Hall–Kier alpha value is -1.00. The van der Waals surface area contributed by atoms with Gasteiger partial charge in [0.1, 0.15) is 0 Å². The summed E-state index contributed by atoms with van der Waals surface area (Å²) in [6.45, 7) is 4.21. The van der Waals surface area contributed by atoms with Gasteiger partial charge in [-0.1, -0.05) is 19.1 Å². The Morgan fingerprint density at radius 2 is 2.16 bits per heavy atom. The van der Waals surface area contributed by atoms with Gasteiger partial charge in [-0.15, -0.1) is 11.8 Å². The molecule has 1 amide bonds. The number of carbonyl (C=O) groups excluding carboxylic acids is 1. The maximum Gasteiger partial charge on any atom is 0.227 e. The molecule has 0 bridgehead atoms. The third kappa shape index (κ3) is 3.98. The van der Waals surface area contributed by atoms with Crippen LogP contribution in [0.1, 0.15) is 18.9 Å². The van der Waals surface area contributed by atoms with E-state index in [0.717, 1.165) is 25.1 Å². The van der Waals surface area contributed by atoms with Crippen LogP contribution in [0.4, 0.5) is 0 Å². The molecule has 1 atom stereocenters. The van der Waals surface area contributed by atoms with Crippen molar-refractivity contribution in [3.63, 3.8) is 0 Å². The molecular weight excluding hydrogens is 258 g/mol. The van der Waals surface area contributed by atoms with E-state index in [2.05, 4.69) is 25.3 Å². The number of benzene rings is 1. The number of nitrogens with zero attached hydrogens (tertiary/aromatic N) is 1. The highest BCUT2D eigenvalue weighted by molar-refractivity contribution is 7.98. The summed E-state index contributed by atoms with van der Waals surface area (Å²) in [6.07, 6.45) is 3.72. The van der Waals surface area contributed by atoms with E-state index in [1.54, 1.807) is 11.8 Å². The van der Waals surface area contributed by atoms with Crippen molar-refractivity contribution in [2.75, 3.05) is 26.0 Å². The third-order valence-electron chi connectivity index (χ3n) is 3.46.